The van der Waals surface area contributed by atoms with Crippen LogP contribution in [0.25, 0.3) is 0 Å². The van der Waals surface area contributed by atoms with Crippen molar-refractivity contribution >= 4 is 11.8 Å². The molecule has 1 aromatic carbocycles. The van der Waals surface area contributed by atoms with Gasteiger partial charge in [0, 0.05) is 31.3 Å². The number of thioether (sulfide) groups is 1. The van der Waals surface area contributed by atoms with Crippen LogP contribution in [0.2, 0.25) is 0 Å². The Hall–Kier alpha value is -1.18. The van der Waals surface area contributed by atoms with E-state index in [4.69, 9.17) is 9.84 Å². The van der Waals surface area contributed by atoms with Gasteiger partial charge in [0.1, 0.15) is 6.17 Å². The van der Waals surface area contributed by atoms with Crippen molar-refractivity contribution in [1.82, 2.24) is 0 Å². The van der Waals surface area contributed by atoms with Crippen molar-refractivity contribution in [3.63, 3.8) is 0 Å². The van der Waals surface area contributed by atoms with Gasteiger partial charge in [-0.15, -0.1) is 6.58 Å². The van der Waals surface area contributed by atoms with Crippen LogP contribution >= 0.6 is 11.8 Å². The third kappa shape index (κ3) is 8.99. The van der Waals surface area contributed by atoms with E-state index in [0.717, 1.165) is 35.5 Å². The molecule has 0 radical (unpaired) electrons. The molecule has 1 saturated carbocycles. The van der Waals surface area contributed by atoms with Crippen LogP contribution in [-0.2, 0) is 17.8 Å². The summed E-state index contributed by atoms with van der Waals surface area (Å²) in [6.07, 6.45) is 5.15. The number of ether oxygens (including phenoxy) is 1. The van der Waals surface area contributed by atoms with Crippen molar-refractivity contribution in [2.24, 2.45) is 17.8 Å². The molecule has 6 heteroatoms. The van der Waals surface area contributed by atoms with Crippen LogP contribution in [0.15, 0.2) is 49.1 Å². The average Bonchev–Trinajstić information content (AvgIpc) is 3.05. The lowest BCUT2D eigenvalue weighted by Crippen LogP contribution is -2.27. The van der Waals surface area contributed by atoms with Crippen molar-refractivity contribution in [3.05, 3.63) is 60.2 Å². The van der Waals surface area contributed by atoms with Crippen molar-refractivity contribution in [2.45, 2.75) is 57.6 Å². The Balaban J connectivity index is 1.91. The van der Waals surface area contributed by atoms with E-state index in [2.05, 4.69) is 6.58 Å². The molecule has 0 aromatic heterocycles. The predicted octanol–water partition coefficient (Wildman–Crippen LogP) is 4.33. The normalized spacial score (nSPS) is 25.3. The van der Waals surface area contributed by atoms with Crippen LogP contribution < -0.4 is 0 Å². The monoisotopic (exact) mass is 466 g/mol. The van der Waals surface area contributed by atoms with Gasteiger partial charge in [0.25, 0.3) is 0 Å². The highest BCUT2D eigenvalue weighted by Gasteiger charge is 2.44. The lowest BCUT2D eigenvalue weighted by molar-refractivity contribution is 0.132. The van der Waals surface area contributed by atoms with E-state index in [1.165, 1.54) is 0 Å². The van der Waals surface area contributed by atoms with Gasteiger partial charge in [-0.2, -0.15) is 11.8 Å². The fraction of sp³-hybridized carbons (Fsp3) is 0.615. The molecule has 0 bridgehead atoms. The maximum absolute atomic E-state index is 14.7. The first-order valence-corrected chi connectivity index (χ1v) is 12.7. The largest absolute Gasteiger partial charge is 0.396 e. The molecule has 32 heavy (non-hydrogen) atoms. The van der Waals surface area contributed by atoms with Gasteiger partial charge in [0.2, 0.25) is 0 Å². The molecule has 3 N–H and O–H groups in total. The Labute approximate surface area is 196 Å². The van der Waals surface area contributed by atoms with E-state index in [1.54, 1.807) is 23.9 Å². The highest BCUT2D eigenvalue weighted by atomic mass is 32.2. The van der Waals surface area contributed by atoms with Gasteiger partial charge in [-0.05, 0) is 41.4 Å². The highest BCUT2D eigenvalue weighted by Crippen LogP contribution is 2.41. The summed E-state index contributed by atoms with van der Waals surface area (Å²) in [6.45, 7) is 6.88. The second-order valence-corrected chi connectivity index (χ2v) is 9.89. The first-order valence-electron chi connectivity index (χ1n) is 11.6. The van der Waals surface area contributed by atoms with Gasteiger partial charge >= 0.3 is 0 Å². The number of aliphatic hydroxyl groups excluding tert-OH is 3. The van der Waals surface area contributed by atoms with Gasteiger partial charge in [0.05, 0.1) is 25.4 Å². The third-order valence-corrected chi connectivity index (χ3v) is 7.34. The Morgan fingerprint density at radius 1 is 1.31 bits per heavy atom. The van der Waals surface area contributed by atoms with E-state index < -0.39 is 18.4 Å². The lowest BCUT2D eigenvalue weighted by atomic mass is 9.84. The minimum Gasteiger partial charge on any atom is -0.396 e. The number of halogens is 1. The molecule has 0 amide bonds. The topological polar surface area (TPSA) is 69.9 Å². The summed E-state index contributed by atoms with van der Waals surface area (Å²) in [6, 6.07) is 7.91. The number of benzene rings is 1. The molecule has 1 fully saturated rings. The molecular weight excluding hydrogens is 427 g/mol. The quantitative estimate of drug-likeness (QED) is 0.265. The second-order valence-electron chi connectivity index (χ2n) is 8.74. The summed E-state index contributed by atoms with van der Waals surface area (Å²) < 4.78 is 20.2. The number of alkyl halides is 1. The van der Waals surface area contributed by atoms with Gasteiger partial charge in [0.15, 0.2) is 0 Å². The van der Waals surface area contributed by atoms with Gasteiger partial charge in [-0.25, -0.2) is 4.39 Å². The van der Waals surface area contributed by atoms with E-state index in [0.29, 0.717) is 19.6 Å². The maximum Gasteiger partial charge on any atom is 0.106 e. The zero-order chi connectivity index (χ0) is 23.3. The smallest absolute Gasteiger partial charge is 0.106 e. The summed E-state index contributed by atoms with van der Waals surface area (Å²) in [4.78, 5) is 0. The fourth-order valence-electron chi connectivity index (χ4n) is 4.40. The van der Waals surface area contributed by atoms with Gasteiger partial charge < -0.3 is 20.1 Å². The van der Waals surface area contributed by atoms with Crippen molar-refractivity contribution in [2.75, 3.05) is 24.7 Å². The van der Waals surface area contributed by atoms with Crippen LogP contribution in [0.1, 0.15) is 37.3 Å². The molecule has 180 valence electrons. The Bertz CT molecular complexity index is 698. The van der Waals surface area contributed by atoms with Crippen LogP contribution in [0.5, 0.6) is 0 Å². The molecule has 1 unspecified atom stereocenters. The molecule has 1 aliphatic carbocycles. The Morgan fingerprint density at radius 2 is 2.09 bits per heavy atom. The molecule has 1 aromatic rings. The maximum atomic E-state index is 14.7. The van der Waals surface area contributed by atoms with E-state index in [1.807, 2.05) is 37.3 Å². The van der Waals surface area contributed by atoms with E-state index in [9.17, 15) is 14.6 Å². The molecule has 6 atom stereocenters. The summed E-state index contributed by atoms with van der Waals surface area (Å²) in [5.41, 5.74) is 2.04. The fourth-order valence-corrected chi connectivity index (χ4v) is 5.57. The summed E-state index contributed by atoms with van der Waals surface area (Å²) in [5.74, 6) is 1.38. The predicted molar refractivity (Wildman–Crippen MR) is 130 cm³/mol. The number of hydrogen-bond acceptors (Lipinski definition) is 5. The summed E-state index contributed by atoms with van der Waals surface area (Å²) >= 11 is 1.78. The lowest BCUT2D eigenvalue weighted by Gasteiger charge is -2.26. The average molecular weight is 467 g/mol. The number of aliphatic hydroxyl groups is 3. The number of unbranched alkanes of at least 4 members (excludes halogenated alkanes) is 1. The van der Waals surface area contributed by atoms with Crippen LogP contribution in [-0.4, -0.2) is 58.4 Å². The van der Waals surface area contributed by atoms with Crippen LogP contribution in [0.4, 0.5) is 4.39 Å². The van der Waals surface area contributed by atoms with Crippen LogP contribution in [0.3, 0.4) is 0 Å². The van der Waals surface area contributed by atoms with Gasteiger partial charge in [-0.3, -0.25) is 0 Å². The molecule has 0 saturated heterocycles. The standard InChI is InChI=1S/C26H39FO4S/c1-3-12-31-17-21-8-6-7-20(14-21)15-22(29)9-10-23-25(30)16-24(27)26(23)19(2)18-32-13-5-4-11-28/h3,6-10,14,19,22-26,28-30H,1,4-5,11-13,15-18H2,2H3/b10-9+/t19?,22-,23+,24-,25-,26-/m1/s1. The molecule has 1 aliphatic rings. The zero-order valence-corrected chi connectivity index (χ0v) is 19.9. The first kappa shape index (κ1) is 27.1. The third-order valence-electron chi connectivity index (χ3n) is 6.00. The SMILES string of the molecule is C=CCOCc1cccc(C[C@H](O)/C=C/[C@@H]2[C@@H](C(C)CSCCCCO)[C@H](F)C[C@H]2O)c1. The highest BCUT2D eigenvalue weighted by molar-refractivity contribution is 7.99. The van der Waals surface area contributed by atoms with Crippen LogP contribution in [0, 0.1) is 17.8 Å². The van der Waals surface area contributed by atoms with Crippen molar-refractivity contribution < 1.29 is 24.4 Å². The molecule has 0 spiro atoms. The van der Waals surface area contributed by atoms with E-state index in [-0.39, 0.29) is 30.8 Å². The Morgan fingerprint density at radius 3 is 2.84 bits per heavy atom. The van der Waals surface area contributed by atoms with Crippen molar-refractivity contribution in [1.29, 1.82) is 0 Å². The zero-order valence-electron chi connectivity index (χ0n) is 19.1. The molecule has 2 rings (SSSR count). The second kappa shape index (κ2) is 14.9. The van der Waals surface area contributed by atoms with Gasteiger partial charge in [-0.1, -0.05) is 49.4 Å². The van der Waals surface area contributed by atoms with Crippen molar-refractivity contribution in [3.8, 4) is 0 Å². The molecule has 0 aliphatic heterocycles. The minimum atomic E-state index is -1.03. The number of rotatable bonds is 15. The molecule has 0 heterocycles. The number of hydrogen-bond donors (Lipinski definition) is 3. The Kier molecular flexibility index (Phi) is 12.6. The summed E-state index contributed by atoms with van der Waals surface area (Å²) in [7, 11) is 0. The molecule has 4 nitrogen and oxygen atoms in total. The molecular formula is C26H39FO4S. The minimum absolute atomic E-state index is 0.125. The first-order chi connectivity index (χ1) is 15.5. The van der Waals surface area contributed by atoms with E-state index >= 15 is 0 Å². The summed E-state index contributed by atoms with van der Waals surface area (Å²) in [5, 5.41) is 29.8.